The molecule has 0 aromatic heterocycles. The number of rotatable bonds is 6. The first-order valence-corrected chi connectivity index (χ1v) is 9.25. The van der Waals surface area contributed by atoms with Crippen LogP contribution in [0.1, 0.15) is 33.6 Å². The van der Waals surface area contributed by atoms with Crippen molar-refractivity contribution in [3.63, 3.8) is 0 Å². The summed E-state index contributed by atoms with van der Waals surface area (Å²) in [6.45, 7) is 7.87. The molecule has 1 aliphatic rings. The Bertz CT molecular complexity index is 248. The summed E-state index contributed by atoms with van der Waals surface area (Å²) in [5.74, 6) is 0. The second-order valence-corrected chi connectivity index (χ2v) is 9.60. The van der Waals surface area contributed by atoms with E-state index in [0.717, 1.165) is 31.0 Å². The van der Waals surface area contributed by atoms with E-state index in [1.807, 2.05) is 0 Å². The van der Waals surface area contributed by atoms with E-state index in [1.165, 1.54) is 0 Å². The van der Waals surface area contributed by atoms with E-state index >= 15 is 0 Å². The summed E-state index contributed by atoms with van der Waals surface area (Å²) in [6, 6.07) is 3.46. The minimum Gasteiger partial charge on any atom is -0.465 e. The van der Waals surface area contributed by atoms with E-state index in [9.17, 15) is 4.79 Å². The lowest BCUT2D eigenvalue weighted by atomic mass is 10.2. The standard InChI is InChI=1S/C12H25NO3Si/c1-4-17(5-2,6-3)16-10-11-8-7-9-13(11)12(14)15/h11H,4-10H2,1-3H3,(H,14,15). The summed E-state index contributed by atoms with van der Waals surface area (Å²) < 4.78 is 6.18. The average Bonchev–Trinajstić information content (AvgIpc) is 2.80. The van der Waals surface area contributed by atoms with Crippen molar-refractivity contribution in [3.05, 3.63) is 0 Å². The molecule has 0 aromatic rings. The van der Waals surface area contributed by atoms with Gasteiger partial charge in [-0.25, -0.2) is 4.79 Å². The average molecular weight is 259 g/mol. The Balaban J connectivity index is 2.51. The molecule has 0 radical (unpaired) electrons. The molecule has 0 aromatic carbocycles. The van der Waals surface area contributed by atoms with Crippen molar-refractivity contribution in [1.82, 2.24) is 4.90 Å². The van der Waals surface area contributed by atoms with Gasteiger partial charge in [-0.2, -0.15) is 0 Å². The molecule has 1 aliphatic heterocycles. The van der Waals surface area contributed by atoms with Gasteiger partial charge >= 0.3 is 6.09 Å². The van der Waals surface area contributed by atoms with Crippen molar-refractivity contribution in [2.75, 3.05) is 13.2 Å². The Morgan fingerprint density at radius 2 is 1.94 bits per heavy atom. The van der Waals surface area contributed by atoms with Crippen LogP contribution in [0, 0.1) is 0 Å². The lowest BCUT2D eigenvalue weighted by Crippen LogP contribution is -2.43. The van der Waals surface area contributed by atoms with Crippen molar-refractivity contribution in [2.24, 2.45) is 0 Å². The van der Waals surface area contributed by atoms with Crippen LogP contribution in [0.5, 0.6) is 0 Å². The highest BCUT2D eigenvalue weighted by molar-refractivity contribution is 6.73. The van der Waals surface area contributed by atoms with Crippen LogP contribution in [0.3, 0.4) is 0 Å². The monoisotopic (exact) mass is 259 g/mol. The molecule has 5 heteroatoms. The fraction of sp³-hybridized carbons (Fsp3) is 0.917. The molecular formula is C12H25NO3Si. The Hall–Kier alpha value is -0.553. The SMILES string of the molecule is CC[Si](CC)(CC)OCC1CCCN1C(=O)O. The van der Waals surface area contributed by atoms with Crippen LogP contribution in [-0.4, -0.2) is 43.6 Å². The fourth-order valence-corrected chi connectivity index (χ4v) is 5.25. The number of hydrogen-bond donors (Lipinski definition) is 1. The van der Waals surface area contributed by atoms with Crippen molar-refractivity contribution < 1.29 is 14.3 Å². The maximum atomic E-state index is 11.0. The topological polar surface area (TPSA) is 49.8 Å². The third-order valence-corrected chi connectivity index (χ3v) is 8.78. The predicted octanol–water partition coefficient (Wildman–Crippen LogP) is 3.15. The molecule has 17 heavy (non-hydrogen) atoms. The molecule has 0 saturated carbocycles. The Morgan fingerprint density at radius 3 is 2.41 bits per heavy atom. The molecule has 1 amide bonds. The lowest BCUT2D eigenvalue weighted by Gasteiger charge is -2.31. The molecule has 1 heterocycles. The Kier molecular flexibility index (Phi) is 5.46. The zero-order valence-electron chi connectivity index (χ0n) is 11.2. The Labute approximate surface area is 105 Å². The summed E-state index contributed by atoms with van der Waals surface area (Å²) in [4.78, 5) is 12.6. The van der Waals surface area contributed by atoms with Crippen LogP contribution in [0.4, 0.5) is 4.79 Å². The third-order valence-electron chi connectivity index (χ3n) is 4.14. The van der Waals surface area contributed by atoms with E-state index < -0.39 is 14.4 Å². The number of nitrogens with zero attached hydrogens (tertiary/aromatic N) is 1. The normalized spacial score (nSPS) is 20.9. The van der Waals surface area contributed by atoms with Crippen LogP contribution in [0.2, 0.25) is 18.1 Å². The summed E-state index contributed by atoms with van der Waals surface area (Å²) in [6.07, 6.45) is 1.13. The fourth-order valence-electron chi connectivity index (χ4n) is 2.59. The summed E-state index contributed by atoms with van der Waals surface area (Å²) in [5, 5.41) is 9.07. The van der Waals surface area contributed by atoms with Crippen LogP contribution in [0.15, 0.2) is 0 Å². The first-order valence-electron chi connectivity index (χ1n) is 6.72. The molecule has 1 saturated heterocycles. The van der Waals surface area contributed by atoms with Crippen molar-refractivity contribution in [3.8, 4) is 0 Å². The highest BCUT2D eigenvalue weighted by atomic mass is 28.4. The van der Waals surface area contributed by atoms with Gasteiger partial charge < -0.3 is 14.4 Å². The molecule has 1 atom stereocenters. The highest BCUT2D eigenvalue weighted by Crippen LogP contribution is 2.24. The summed E-state index contributed by atoms with van der Waals surface area (Å²) in [7, 11) is -1.57. The molecule has 1 N–H and O–H groups in total. The van der Waals surface area contributed by atoms with Crippen LogP contribution in [0.25, 0.3) is 0 Å². The van der Waals surface area contributed by atoms with E-state index in [0.29, 0.717) is 13.2 Å². The van der Waals surface area contributed by atoms with Crippen molar-refractivity contribution in [1.29, 1.82) is 0 Å². The van der Waals surface area contributed by atoms with Crippen LogP contribution >= 0.6 is 0 Å². The minimum absolute atomic E-state index is 0.0871. The van der Waals surface area contributed by atoms with Gasteiger partial charge in [0, 0.05) is 6.54 Å². The van der Waals surface area contributed by atoms with E-state index in [4.69, 9.17) is 9.53 Å². The van der Waals surface area contributed by atoms with E-state index in [2.05, 4.69) is 20.8 Å². The zero-order valence-corrected chi connectivity index (χ0v) is 12.2. The second kappa shape index (κ2) is 6.40. The molecule has 1 unspecified atom stereocenters. The Morgan fingerprint density at radius 1 is 1.35 bits per heavy atom. The molecule has 1 fully saturated rings. The number of carbonyl (C=O) groups is 1. The van der Waals surface area contributed by atoms with E-state index in [1.54, 1.807) is 4.90 Å². The third kappa shape index (κ3) is 3.45. The maximum absolute atomic E-state index is 11.0. The van der Waals surface area contributed by atoms with Gasteiger partial charge in [-0.3, -0.25) is 0 Å². The van der Waals surface area contributed by atoms with Gasteiger partial charge in [0.25, 0.3) is 0 Å². The predicted molar refractivity (Wildman–Crippen MR) is 70.9 cm³/mol. The van der Waals surface area contributed by atoms with Crippen LogP contribution < -0.4 is 0 Å². The van der Waals surface area contributed by atoms with E-state index in [-0.39, 0.29) is 6.04 Å². The van der Waals surface area contributed by atoms with Gasteiger partial charge in [-0.1, -0.05) is 20.8 Å². The number of hydrogen-bond acceptors (Lipinski definition) is 2. The largest absolute Gasteiger partial charge is 0.465 e. The number of likely N-dealkylation sites (tertiary alicyclic amines) is 1. The minimum atomic E-state index is -1.57. The summed E-state index contributed by atoms with van der Waals surface area (Å²) in [5.41, 5.74) is 0. The lowest BCUT2D eigenvalue weighted by molar-refractivity contribution is 0.121. The first kappa shape index (κ1) is 14.5. The van der Waals surface area contributed by atoms with Gasteiger partial charge in [0.2, 0.25) is 0 Å². The van der Waals surface area contributed by atoms with Crippen LogP contribution in [-0.2, 0) is 4.43 Å². The zero-order chi connectivity index (χ0) is 12.9. The number of amides is 1. The molecular weight excluding hydrogens is 234 g/mol. The molecule has 4 nitrogen and oxygen atoms in total. The van der Waals surface area contributed by atoms with Crippen molar-refractivity contribution >= 4 is 14.4 Å². The molecule has 0 bridgehead atoms. The quantitative estimate of drug-likeness (QED) is 0.745. The first-order chi connectivity index (χ1) is 8.08. The molecule has 100 valence electrons. The smallest absolute Gasteiger partial charge is 0.407 e. The van der Waals surface area contributed by atoms with Gasteiger partial charge in [0.1, 0.15) is 0 Å². The van der Waals surface area contributed by atoms with Crippen molar-refractivity contribution in [2.45, 2.75) is 57.8 Å². The van der Waals surface area contributed by atoms with Gasteiger partial charge in [-0.15, -0.1) is 0 Å². The summed E-state index contributed by atoms with van der Waals surface area (Å²) >= 11 is 0. The van der Waals surface area contributed by atoms with Gasteiger partial charge in [0.15, 0.2) is 8.32 Å². The highest BCUT2D eigenvalue weighted by Gasteiger charge is 2.33. The van der Waals surface area contributed by atoms with Gasteiger partial charge in [0.05, 0.1) is 12.6 Å². The second-order valence-electron chi connectivity index (χ2n) is 4.83. The number of carboxylic acid groups (broad SMARTS) is 1. The molecule has 0 spiro atoms. The molecule has 1 rings (SSSR count). The maximum Gasteiger partial charge on any atom is 0.407 e. The van der Waals surface area contributed by atoms with Gasteiger partial charge in [-0.05, 0) is 31.0 Å². The molecule has 0 aliphatic carbocycles.